The molecule has 1 atom stereocenters. The maximum Gasteiger partial charge on any atom is 0.245 e. The number of aromatic nitrogens is 4. The smallest absolute Gasteiger partial charge is 0.245 e. The van der Waals surface area contributed by atoms with Crippen LogP contribution in [-0.2, 0) is 11.3 Å². The number of imidazole rings is 1. The Hall–Kier alpha value is -2.15. The normalized spacial score (nSPS) is 17.7. The van der Waals surface area contributed by atoms with Crippen molar-refractivity contribution in [3.05, 3.63) is 36.7 Å². The van der Waals surface area contributed by atoms with Gasteiger partial charge in [-0.05, 0) is 27.2 Å². The van der Waals surface area contributed by atoms with Gasteiger partial charge in [0.15, 0.2) is 0 Å². The molecule has 0 radical (unpaired) electrons. The van der Waals surface area contributed by atoms with Crippen molar-refractivity contribution in [3.63, 3.8) is 0 Å². The van der Waals surface area contributed by atoms with Gasteiger partial charge in [-0.25, -0.2) is 4.98 Å². The average molecular weight is 344 g/mol. The molecular weight excluding hydrogens is 316 g/mol. The molecule has 7 nitrogen and oxygen atoms in total. The van der Waals surface area contributed by atoms with E-state index in [0.717, 1.165) is 39.1 Å². The molecular formula is C18H28N6O. The lowest BCUT2D eigenvalue weighted by molar-refractivity contribution is -0.134. The molecule has 0 spiro atoms. The molecule has 0 aliphatic carbocycles. The number of nitrogens with zero attached hydrogens (tertiary/aromatic N) is 6. The lowest BCUT2D eigenvalue weighted by Crippen LogP contribution is -2.38. The van der Waals surface area contributed by atoms with Gasteiger partial charge in [-0.2, -0.15) is 5.10 Å². The molecule has 3 rings (SSSR count). The van der Waals surface area contributed by atoms with E-state index in [0.29, 0.717) is 6.04 Å². The number of carbonyl (C=O) groups is 1. The van der Waals surface area contributed by atoms with E-state index in [1.165, 1.54) is 5.56 Å². The van der Waals surface area contributed by atoms with E-state index in [1.807, 2.05) is 33.5 Å². The molecule has 2 aromatic rings. The lowest BCUT2D eigenvalue weighted by atomic mass is 10.2. The Morgan fingerprint density at radius 1 is 1.20 bits per heavy atom. The van der Waals surface area contributed by atoms with Crippen LogP contribution >= 0.6 is 0 Å². The fraction of sp³-hybridized carbons (Fsp3) is 0.611. The Bertz CT molecular complexity index is 678. The quantitative estimate of drug-likeness (QED) is 0.832. The second-order valence-corrected chi connectivity index (χ2v) is 7.06. The highest BCUT2D eigenvalue weighted by Crippen LogP contribution is 2.14. The summed E-state index contributed by atoms with van der Waals surface area (Å²) in [6, 6.07) is 0.189. The summed E-state index contributed by atoms with van der Waals surface area (Å²) < 4.78 is 3.86. The highest BCUT2D eigenvalue weighted by molar-refractivity contribution is 5.80. The first-order chi connectivity index (χ1) is 12.0. The lowest BCUT2D eigenvalue weighted by Gasteiger charge is -2.25. The van der Waals surface area contributed by atoms with Crippen LogP contribution in [-0.4, -0.2) is 61.2 Å². The second kappa shape index (κ2) is 7.82. The van der Waals surface area contributed by atoms with E-state index in [2.05, 4.69) is 35.0 Å². The monoisotopic (exact) mass is 344 g/mol. The molecule has 3 heterocycles. The molecule has 25 heavy (non-hydrogen) atoms. The van der Waals surface area contributed by atoms with Crippen molar-refractivity contribution in [1.29, 1.82) is 0 Å². The van der Waals surface area contributed by atoms with Crippen LogP contribution in [0.1, 0.15) is 44.8 Å². The van der Waals surface area contributed by atoms with Gasteiger partial charge in [0.25, 0.3) is 0 Å². The molecule has 0 N–H and O–H groups in total. The van der Waals surface area contributed by atoms with Crippen LogP contribution in [0.25, 0.3) is 0 Å². The molecule has 0 bridgehead atoms. The Balaban J connectivity index is 1.55. The van der Waals surface area contributed by atoms with E-state index in [1.54, 1.807) is 12.5 Å². The van der Waals surface area contributed by atoms with Gasteiger partial charge < -0.3 is 9.47 Å². The number of hydrogen-bond acceptors (Lipinski definition) is 4. The Kier molecular flexibility index (Phi) is 5.53. The second-order valence-electron chi connectivity index (χ2n) is 7.06. The molecule has 1 aliphatic heterocycles. The number of hydrogen-bond donors (Lipinski definition) is 0. The van der Waals surface area contributed by atoms with Crippen LogP contribution in [0.15, 0.2) is 31.1 Å². The first-order valence-electron chi connectivity index (χ1n) is 9.06. The first-order valence-corrected chi connectivity index (χ1v) is 9.06. The Labute approximate surface area is 149 Å². The minimum atomic E-state index is -0.196. The number of rotatable bonds is 5. The van der Waals surface area contributed by atoms with Gasteiger partial charge in [0.05, 0.1) is 12.5 Å². The summed E-state index contributed by atoms with van der Waals surface area (Å²) in [5.74, 6) is 0.174. The highest BCUT2D eigenvalue weighted by Gasteiger charge is 2.24. The van der Waals surface area contributed by atoms with E-state index >= 15 is 0 Å². The largest absolute Gasteiger partial charge is 0.340 e. The van der Waals surface area contributed by atoms with Crippen LogP contribution < -0.4 is 0 Å². The van der Waals surface area contributed by atoms with Crippen molar-refractivity contribution in [2.75, 3.05) is 26.2 Å². The number of carbonyl (C=O) groups excluding carboxylic acids is 1. The zero-order valence-corrected chi connectivity index (χ0v) is 15.4. The van der Waals surface area contributed by atoms with Crippen LogP contribution in [0.2, 0.25) is 0 Å². The van der Waals surface area contributed by atoms with Gasteiger partial charge in [0.2, 0.25) is 5.91 Å². The minimum Gasteiger partial charge on any atom is -0.340 e. The Morgan fingerprint density at radius 3 is 2.72 bits per heavy atom. The third kappa shape index (κ3) is 4.28. The maximum atomic E-state index is 12.7. The summed E-state index contributed by atoms with van der Waals surface area (Å²) in [6.45, 7) is 10.6. The highest BCUT2D eigenvalue weighted by atomic mass is 16.2. The third-order valence-electron chi connectivity index (χ3n) is 4.82. The van der Waals surface area contributed by atoms with Crippen LogP contribution in [0.4, 0.5) is 0 Å². The van der Waals surface area contributed by atoms with E-state index in [4.69, 9.17) is 0 Å². The zero-order chi connectivity index (χ0) is 17.8. The molecule has 1 amide bonds. The molecule has 1 fully saturated rings. The van der Waals surface area contributed by atoms with Crippen molar-refractivity contribution in [3.8, 4) is 0 Å². The van der Waals surface area contributed by atoms with Crippen molar-refractivity contribution < 1.29 is 4.79 Å². The van der Waals surface area contributed by atoms with Gasteiger partial charge in [-0.1, -0.05) is 0 Å². The van der Waals surface area contributed by atoms with Crippen molar-refractivity contribution in [2.24, 2.45) is 0 Å². The van der Waals surface area contributed by atoms with Gasteiger partial charge in [0, 0.05) is 62.9 Å². The summed E-state index contributed by atoms with van der Waals surface area (Å²) in [6.07, 6.45) is 10.3. The van der Waals surface area contributed by atoms with Crippen LogP contribution in [0, 0.1) is 0 Å². The van der Waals surface area contributed by atoms with E-state index in [9.17, 15) is 4.79 Å². The molecule has 136 valence electrons. The molecule has 1 aliphatic rings. The van der Waals surface area contributed by atoms with Crippen molar-refractivity contribution >= 4 is 5.91 Å². The predicted molar refractivity (Wildman–Crippen MR) is 96.0 cm³/mol. The minimum absolute atomic E-state index is 0.174. The topological polar surface area (TPSA) is 59.2 Å². The number of amides is 1. The van der Waals surface area contributed by atoms with Crippen molar-refractivity contribution in [2.45, 2.75) is 45.8 Å². The van der Waals surface area contributed by atoms with E-state index < -0.39 is 0 Å². The molecule has 1 saturated heterocycles. The van der Waals surface area contributed by atoms with Crippen LogP contribution in [0.5, 0.6) is 0 Å². The summed E-state index contributed by atoms with van der Waals surface area (Å²) in [5, 5.41) is 4.42. The summed E-state index contributed by atoms with van der Waals surface area (Å²) in [4.78, 5) is 21.2. The van der Waals surface area contributed by atoms with Gasteiger partial charge in [-0.3, -0.25) is 14.4 Å². The predicted octanol–water partition coefficient (Wildman–Crippen LogP) is 1.96. The van der Waals surface area contributed by atoms with Gasteiger partial charge in [0.1, 0.15) is 6.04 Å². The molecule has 0 saturated carbocycles. The molecule has 7 heteroatoms. The summed E-state index contributed by atoms with van der Waals surface area (Å²) >= 11 is 0. The fourth-order valence-electron chi connectivity index (χ4n) is 3.24. The molecule has 0 unspecified atom stereocenters. The van der Waals surface area contributed by atoms with Crippen LogP contribution in [0.3, 0.4) is 0 Å². The zero-order valence-electron chi connectivity index (χ0n) is 15.4. The summed E-state index contributed by atoms with van der Waals surface area (Å²) in [5.41, 5.74) is 1.24. The maximum absolute atomic E-state index is 12.7. The SMILES string of the molecule is CC(C)n1cc(CN2CCCN(C(=O)[C@H](C)n3ccnc3)CC2)cn1. The average Bonchev–Trinajstić information content (AvgIpc) is 3.23. The third-order valence-corrected chi connectivity index (χ3v) is 4.82. The standard InChI is InChI=1S/C18H28N6O/c1-15(2)24-13-17(11-20-24)12-21-6-4-7-22(10-9-21)18(25)16(3)23-8-5-19-14-23/h5,8,11,13-16H,4,6-7,9-10,12H2,1-3H3/t16-/m0/s1. The van der Waals surface area contributed by atoms with Gasteiger partial charge >= 0.3 is 0 Å². The molecule has 2 aromatic heterocycles. The Morgan fingerprint density at radius 2 is 2.04 bits per heavy atom. The van der Waals surface area contributed by atoms with Crippen molar-refractivity contribution in [1.82, 2.24) is 29.1 Å². The van der Waals surface area contributed by atoms with Gasteiger partial charge in [-0.15, -0.1) is 0 Å². The first kappa shape index (κ1) is 17.7. The summed E-state index contributed by atoms with van der Waals surface area (Å²) in [7, 11) is 0. The van der Waals surface area contributed by atoms with E-state index in [-0.39, 0.29) is 11.9 Å². The fourth-order valence-corrected chi connectivity index (χ4v) is 3.24. The molecule has 0 aromatic carbocycles.